The highest BCUT2D eigenvalue weighted by molar-refractivity contribution is 7.98. The first kappa shape index (κ1) is 27.8. The van der Waals surface area contributed by atoms with Crippen molar-refractivity contribution in [3.8, 4) is 0 Å². The van der Waals surface area contributed by atoms with Crippen molar-refractivity contribution >= 4 is 47.1 Å². The van der Waals surface area contributed by atoms with Gasteiger partial charge in [-0.25, -0.2) is 4.79 Å². The Morgan fingerprint density at radius 1 is 1.21 bits per heavy atom. The van der Waals surface area contributed by atoms with Crippen molar-refractivity contribution in [3.63, 3.8) is 0 Å². The van der Waals surface area contributed by atoms with Crippen molar-refractivity contribution in [3.05, 3.63) is 51.8 Å². The summed E-state index contributed by atoms with van der Waals surface area (Å²) < 4.78 is 18.0. The fourth-order valence-corrected chi connectivity index (χ4v) is 3.68. The van der Waals surface area contributed by atoms with E-state index in [1.165, 1.54) is 5.56 Å². The summed E-state index contributed by atoms with van der Waals surface area (Å²) >= 11 is 8.23. The third-order valence-electron chi connectivity index (χ3n) is 5.02. The van der Waals surface area contributed by atoms with Crippen LogP contribution in [0.15, 0.2) is 29.3 Å². The summed E-state index contributed by atoms with van der Waals surface area (Å²) in [5.41, 5.74) is 4.07. The monoisotopic (exact) mass is 507 g/mol. The van der Waals surface area contributed by atoms with Crippen LogP contribution < -0.4 is 0 Å². The average Bonchev–Trinajstić information content (AvgIpc) is 3.08. The molecule has 1 aromatic carbocycles. The Kier molecular flexibility index (Phi) is 10.5. The quantitative estimate of drug-likeness (QED) is 0.125. The lowest BCUT2D eigenvalue weighted by Crippen LogP contribution is -2.14. The molecule has 0 fully saturated rings. The Bertz CT molecular complexity index is 1020. The molecule has 0 aliphatic heterocycles. The SMILES string of the molecule is CCn1nc(C)c(Cl)c1/C(OCOC(=O)OCCSC)=C(\C=NC)c1ccc(C(C)(C)C)cc1. The number of rotatable bonds is 10. The van der Waals surface area contributed by atoms with Gasteiger partial charge in [0.2, 0.25) is 6.79 Å². The van der Waals surface area contributed by atoms with Crippen molar-refractivity contribution in [1.82, 2.24) is 9.78 Å². The van der Waals surface area contributed by atoms with Crippen LogP contribution in [0.1, 0.15) is 50.2 Å². The molecule has 9 heteroatoms. The molecule has 34 heavy (non-hydrogen) atoms. The first-order chi connectivity index (χ1) is 16.1. The molecule has 0 saturated carbocycles. The van der Waals surface area contributed by atoms with Gasteiger partial charge >= 0.3 is 6.16 Å². The molecule has 0 aliphatic carbocycles. The number of ether oxygens (including phenoxy) is 3. The van der Waals surface area contributed by atoms with Gasteiger partial charge in [-0.15, -0.1) is 0 Å². The topological polar surface area (TPSA) is 74.9 Å². The van der Waals surface area contributed by atoms with Gasteiger partial charge in [-0.2, -0.15) is 16.9 Å². The molecule has 0 spiro atoms. The average molecular weight is 508 g/mol. The van der Waals surface area contributed by atoms with E-state index in [1.54, 1.807) is 29.7 Å². The highest BCUT2D eigenvalue weighted by Gasteiger charge is 2.23. The normalized spacial score (nSPS) is 12.6. The fourth-order valence-electron chi connectivity index (χ4n) is 3.21. The number of carbonyl (C=O) groups excluding carboxylic acids is 1. The van der Waals surface area contributed by atoms with Crippen LogP contribution in [0.4, 0.5) is 4.79 Å². The maximum atomic E-state index is 11.9. The largest absolute Gasteiger partial charge is 0.511 e. The summed E-state index contributed by atoms with van der Waals surface area (Å²) in [6, 6.07) is 8.21. The molecule has 1 heterocycles. The molecule has 0 saturated heterocycles. The maximum Gasteiger partial charge on any atom is 0.511 e. The van der Waals surface area contributed by atoms with Crippen molar-refractivity contribution in [2.75, 3.05) is 32.5 Å². The number of halogens is 1. The molecular formula is C25H34ClN3O4S. The van der Waals surface area contributed by atoms with Crippen LogP contribution in [0.5, 0.6) is 0 Å². The summed E-state index contributed by atoms with van der Waals surface area (Å²) in [5.74, 6) is 1.10. The summed E-state index contributed by atoms with van der Waals surface area (Å²) in [6.45, 7) is 10.8. The highest BCUT2D eigenvalue weighted by Crippen LogP contribution is 2.34. The Hall–Kier alpha value is -2.45. The lowest BCUT2D eigenvalue weighted by Gasteiger charge is -2.20. The molecule has 0 amide bonds. The molecule has 1 aromatic heterocycles. The second-order valence-electron chi connectivity index (χ2n) is 8.52. The predicted octanol–water partition coefficient (Wildman–Crippen LogP) is 6.22. The molecule has 2 aromatic rings. The molecule has 0 bridgehead atoms. The van der Waals surface area contributed by atoms with E-state index in [9.17, 15) is 4.79 Å². The van der Waals surface area contributed by atoms with Crippen LogP contribution in [0, 0.1) is 6.92 Å². The minimum Gasteiger partial charge on any atom is -0.454 e. The number of aromatic nitrogens is 2. The van der Waals surface area contributed by atoms with Crippen LogP contribution in [-0.2, 0) is 26.2 Å². The molecule has 0 aliphatic rings. The number of allylic oxidation sites excluding steroid dienone is 1. The molecule has 2 rings (SSSR count). The molecule has 7 nitrogen and oxygen atoms in total. The third-order valence-corrected chi connectivity index (χ3v) is 6.05. The Morgan fingerprint density at radius 3 is 2.44 bits per heavy atom. The zero-order chi connectivity index (χ0) is 25.3. The van der Waals surface area contributed by atoms with Crippen LogP contribution in [-0.4, -0.2) is 54.6 Å². The van der Waals surface area contributed by atoms with E-state index < -0.39 is 6.16 Å². The van der Waals surface area contributed by atoms with E-state index in [2.05, 4.69) is 43.0 Å². The van der Waals surface area contributed by atoms with Gasteiger partial charge < -0.3 is 14.2 Å². The number of aliphatic imine (C=N–C) groups is 1. The standard InChI is InChI=1S/C25H34ClN3O4S/c1-8-29-22(21(26)17(2)28-29)23(32-16-33-24(30)31-13-14-34-7)20(15-27-6)18-9-11-19(12-10-18)25(3,4)5/h9-12,15H,8,13-14,16H2,1-7H3/b23-20-,27-15?. The van der Waals surface area contributed by atoms with Gasteiger partial charge in [0.25, 0.3) is 0 Å². The first-order valence-corrected chi connectivity index (χ1v) is 12.8. The number of thioether (sulfide) groups is 1. The predicted molar refractivity (Wildman–Crippen MR) is 141 cm³/mol. The van der Waals surface area contributed by atoms with Crippen molar-refractivity contribution < 1.29 is 19.0 Å². The molecular weight excluding hydrogens is 474 g/mol. The van der Waals surface area contributed by atoms with Gasteiger partial charge in [0.15, 0.2) is 5.76 Å². The number of hydrogen-bond acceptors (Lipinski definition) is 7. The van der Waals surface area contributed by atoms with E-state index in [0.29, 0.717) is 40.0 Å². The van der Waals surface area contributed by atoms with Crippen LogP contribution in [0.3, 0.4) is 0 Å². The van der Waals surface area contributed by atoms with Crippen LogP contribution in [0.2, 0.25) is 5.02 Å². The van der Waals surface area contributed by atoms with E-state index in [-0.39, 0.29) is 18.8 Å². The van der Waals surface area contributed by atoms with Crippen molar-refractivity contribution in [2.45, 2.75) is 46.6 Å². The minimum absolute atomic E-state index is 0.0202. The minimum atomic E-state index is -0.792. The van der Waals surface area contributed by atoms with Crippen LogP contribution >= 0.6 is 23.4 Å². The second kappa shape index (κ2) is 12.9. The van der Waals surface area contributed by atoms with Crippen molar-refractivity contribution in [2.24, 2.45) is 4.99 Å². The first-order valence-electron chi connectivity index (χ1n) is 11.1. The molecule has 0 radical (unpaired) electrons. The van der Waals surface area contributed by atoms with E-state index >= 15 is 0 Å². The van der Waals surface area contributed by atoms with E-state index in [1.807, 2.05) is 32.2 Å². The lowest BCUT2D eigenvalue weighted by molar-refractivity contribution is -0.00330. The summed E-state index contributed by atoms with van der Waals surface area (Å²) in [4.78, 5) is 16.2. The fraction of sp³-hybridized carbons (Fsp3) is 0.480. The van der Waals surface area contributed by atoms with Gasteiger partial charge in [0.05, 0.1) is 10.7 Å². The van der Waals surface area contributed by atoms with E-state index in [0.717, 1.165) is 5.56 Å². The second-order valence-corrected chi connectivity index (χ2v) is 9.88. The maximum absolute atomic E-state index is 11.9. The molecule has 0 atom stereocenters. The van der Waals surface area contributed by atoms with Crippen molar-refractivity contribution in [1.29, 1.82) is 0 Å². The Balaban J connectivity index is 2.51. The van der Waals surface area contributed by atoms with Gasteiger partial charge in [0.1, 0.15) is 12.3 Å². The Labute approximate surface area is 211 Å². The van der Waals surface area contributed by atoms with Gasteiger partial charge in [-0.1, -0.05) is 56.6 Å². The number of hydrogen-bond donors (Lipinski definition) is 0. The molecule has 0 N–H and O–H groups in total. The van der Waals surface area contributed by atoms with Gasteiger partial charge in [-0.3, -0.25) is 9.67 Å². The summed E-state index contributed by atoms with van der Waals surface area (Å²) in [6.07, 6.45) is 2.85. The number of aryl methyl sites for hydroxylation is 2. The van der Waals surface area contributed by atoms with Crippen LogP contribution in [0.25, 0.3) is 11.3 Å². The zero-order valence-corrected chi connectivity index (χ0v) is 22.5. The molecule has 186 valence electrons. The number of carbonyl (C=O) groups is 1. The van der Waals surface area contributed by atoms with E-state index in [4.69, 9.17) is 25.8 Å². The van der Waals surface area contributed by atoms with Gasteiger partial charge in [0, 0.05) is 31.1 Å². The summed E-state index contributed by atoms with van der Waals surface area (Å²) in [5, 5.41) is 4.98. The highest BCUT2D eigenvalue weighted by atomic mass is 35.5. The third kappa shape index (κ3) is 7.27. The zero-order valence-electron chi connectivity index (χ0n) is 21.0. The Morgan fingerprint density at radius 2 is 1.88 bits per heavy atom. The lowest BCUT2D eigenvalue weighted by atomic mass is 9.86. The molecule has 0 unspecified atom stereocenters. The number of benzene rings is 1. The number of nitrogens with zero attached hydrogens (tertiary/aromatic N) is 3. The summed E-state index contributed by atoms with van der Waals surface area (Å²) in [7, 11) is 1.69. The smallest absolute Gasteiger partial charge is 0.454 e. The van der Waals surface area contributed by atoms with Gasteiger partial charge in [-0.05, 0) is 36.6 Å².